The van der Waals surface area contributed by atoms with Gasteiger partial charge in [-0.25, -0.2) is 22.5 Å². The molecule has 11 nitrogen and oxygen atoms in total. The van der Waals surface area contributed by atoms with Gasteiger partial charge in [0.1, 0.15) is 22.2 Å². The molecule has 4 N–H and O–H groups in total. The molecular formula is C23H18ClFN8O3S. The molecule has 0 radical (unpaired) electrons. The number of nitrogens with two attached hydrogens (primary N) is 1. The zero-order valence-electron chi connectivity index (χ0n) is 19.1. The Hall–Kier alpha value is -4.49. The molecule has 14 heteroatoms. The summed E-state index contributed by atoms with van der Waals surface area (Å²) in [5.74, 6) is -0.461. The number of fused-ring (bicyclic) bond motifs is 1. The van der Waals surface area contributed by atoms with Gasteiger partial charge in [-0.05, 0) is 48.5 Å². The summed E-state index contributed by atoms with van der Waals surface area (Å²) in [7, 11) is -2.42. The van der Waals surface area contributed by atoms with Gasteiger partial charge in [-0.3, -0.25) is 14.2 Å². The Labute approximate surface area is 214 Å². The van der Waals surface area contributed by atoms with Crippen LogP contribution in [0.15, 0.2) is 71.9 Å². The van der Waals surface area contributed by atoms with Gasteiger partial charge < -0.3 is 11.1 Å². The summed E-state index contributed by atoms with van der Waals surface area (Å²) >= 11 is 5.79. The number of pyridine rings is 1. The number of benzene rings is 2. The number of carbonyl (C=O) groups excluding carboxylic acids is 1. The zero-order valence-corrected chi connectivity index (χ0v) is 20.6. The van der Waals surface area contributed by atoms with E-state index in [1.54, 1.807) is 31.3 Å². The van der Waals surface area contributed by atoms with Crippen molar-refractivity contribution in [3.8, 4) is 5.82 Å². The average molecular weight is 541 g/mol. The maximum absolute atomic E-state index is 13.4. The van der Waals surface area contributed by atoms with Crippen molar-refractivity contribution in [3.63, 3.8) is 0 Å². The Morgan fingerprint density at radius 2 is 1.89 bits per heavy atom. The SMILES string of the molecule is Cn1nc2cc(NS(=O)(=O)c3cnn(-c4cccc(N)n4)c3)ccc2c1C(=O)Nc1ccc(F)c(Cl)c1. The van der Waals surface area contributed by atoms with E-state index in [0.717, 1.165) is 6.07 Å². The van der Waals surface area contributed by atoms with Crippen molar-refractivity contribution in [2.45, 2.75) is 4.90 Å². The molecule has 37 heavy (non-hydrogen) atoms. The highest BCUT2D eigenvalue weighted by Crippen LogP contribution is 2.26. The Balaban J connectivity index is 1.39. The Kier molecular flexibility index (Phi) is 6.01. The highest BCUT2D eigenvalue weighted by Gasteiger charge is 2.21. The van der Waals surface area contributed by atoms with Crippen molar-refractivity contribution in [2.24, 2.45) is 7.05 Å². The van der Waals surface area contributed by atoms with E-state index in [-0.39, 0.29) is 27.1 Å². The van der Waals surface area contributed by atoms with Gasteiger partial charge in [-0.15, -0.1) is 0 Å². The molecule has 3 heterocycles. The van der Waals surface area contributed by atoms with Gasteiger partial charge in [0.15, 0.2) is 5.82 Å². The molecule has 0 saturated carbocycles. The van der Waals surface area contributed by atoms with Crippen LogP contribution in [0.5, 0.6) is 0 Å². The molecule has 0 aliphatic heterocycles. The largest absolute Gasteiger partial charge is 0.384 e. The maximum atomic E-state index is 13.4. The topological polar surface area (TPSA) is 150 Å². The monoisotopic (exact) mass is 540 g/mol. The molecule has 0 unspecified atom stereocenters. The second-order valence-corrected chi connectivity index (χ2v) is 10.0. The van der Waals surface area contributed by atoms with Crippen molar-refractivity contribution in [2.75, 3.05) is 15.8 Å². The van der Waals surface area contributed by atoms with Crippen LogP contribution in [-0.2, 0) is 17.1 Å². The van der Waals surface area contributed by atoms with Gasteiger partial charge in [-0.1, -0.05) is 17.7 Å². The molecule has 0 spiro atoms. The van der Waals surface area contributed by atoms with Gasteiger partial charge in [0.25, 0.3) is 15.9 Å². The Morgan fingerprint density at radius 1 is 1.11 bits per heavy atom. The third-order valence-corrected chi connectivity index (χ3v) is 6.96. The van der Waals surface area contributed by atoms with Gasteiger partial charge in [0.2, 0.25) is 0 Å². The number of anilines is 3. The molecule has 0 saturated heterocycles. The van der Waals surface area contributed by atoms with E-state index in [4.69, 9.17) is 17.3 Å². The summed E-state index contributed by atoms with van der Waals surface area (Å²) in [6.07, 6.45) is 2.50. The van der Waals surface area contributed by atoms with Gasteiger partial charge in [-0.2, -0.15) is 10.2 Å². The molecule has 2 aromatic carbocycles. The number of aryl methyl sites for hydroxylation is 1. The molecule has 188 valence electrons. The highest BCUT2D eigenvalue weighted by atomic mass is 35.5. The number of hydrogen-bond donors (Lipinski definition) is 3. The molecule has 5 aromatic rings. The number of rotatable bonds is 6. The predicted molar refractivity (Wildman–Crippen MR) is 137 cm³/mol. The molecular weight excluding hydrogens is 523 g/mol. The predicted octanol–water partition coefficient (Wildman–Crippen LogP) is 3.58. The third-order valence-electron chi connectivity index (χ3n) is 5.34. The fraction of sp³-hybridized carbons (Fsp3) is 0.0435. The standard InChI is InChI=1S/C23H18ClFN8O3S/c1-32-22(23(34)28-13-6-8-18(25)17(24)9-13)16-7-5-14(10-19(16)30-32)31-37(35,36)15-11-27-33(12-15)21-4-2-3-20(26)29-21/h2-12,31H,1H3,(H2,26,29)(H,28,34). The zero-order chi connectivity index (χ0) is 26.3. The van der Waals surface area contributed by atoms with Crippen molar-refractivity contribution >= 4 is 55.6 Å². The molecule has 3 aromatic heterocycles. The minimum absolute atomic E-state index is 0.0872. The van der Waals surface area contributed by atoms with E-state index < -0.39 is 21.7 Å². The third kappa shape index (κ3) is 4.81. The maximum Gasteiger partial charge on any atom is 0.274 e. The summed E-state index contributed by atoms with van der Waals surface area (Å²) in [6.45, 7) is 0. The number of halogens is 2. The average Bonchev–Trinajstić information content (AvgIpc) is 3.46. The summed E-state index contributed by atoms with van der Waals surface area (Å²) in [5.41, 5.74) is 6.83. The molecule has 0 atom stereocenters. The summed E-state index contributed by atoms with van der Waals surface area (Å²) in [5, 5.41) is 11.4. The van der Waals surface area contributed by atoms with Gasteiger partial charge >= 0.3 is 0 Å². The minimum atomic E-state index is -4.00. The first kappa shape index (κ1) is 24.2. The number of sulfonamides is 1. The Morgan fingerprint density at radius 3 is 2.65 bits per heavy atom. The van der Waals surface area contributed by atoms with Crippen LogP contribution < -0.4 is 15.8 Å². The van der Waals surface area contributed by atoms with Crippen molar-refractivity contribution in [3.05, 3.63) is 83.5 Å². The van der Waals surface area contributed by atoms with Crippen molar-refractivity contribution < 1.29 is 17.6 Å². The normalized spacial score (nSPS) is 11.5. The number of carbonyl (C=O) groups is 1. The van der Waals surface area contributed by atoms with E-state index in [2.05, 4.69) is 25.2 Å². The van der Waals surface area contributed by atoms with E-state index >= 15 is 0 Å². The number of amides is 1. The van der Waals surface area contributed by atoms with Crippen molar-refractivity contribution in [1.29, 1.82) is 0 Å². The quantitative estimate of drug-likeness (QED) is 0.298. The van der Waals surface area contributed by atoms with Crippen LogP contribution in [0, 0.1) is 5.82 Å². The number of hydrogen-bond acceptors (Lipinski definition) is 7. The first-order valence-electron chi connectivity index (χ1n) is 10.6. The van der Waals surface area contributed by atoms with Crippen LogP contribution in [0.25, 0.3) is 16.7 Å². The molecule has 0 aliphatic carbocycles. The second kappa shape index (κ2) is 9.19. The van der Waals surface area contributed by atoms with Crippen LogP contribution in [0.1, 0.15) is 10.5 Å². The van der Waals surface area contributed by atoms with Crippen LogP contribution in [0.3, 0.4) is 0 Å². The number of aromatic nitrogens is 5. The first-order chi connectivity index (χ1) is 17.6. The van der Waals surface area contributed by atoms with E-state index in [1.165, 1.54) is 46.0 Å². The van der Waals surface area contributed by atoms with Gasteiger partial charge in [0, 0.05) is 18.1 Å². The lowest BCUT2D eigenvalue weighted by Crippen LogP contribution is -2.16. The molecule has 5 rings (SSSR count). The molecule has 0 aliphatic rings. The van der Waals surface area contributed by atoms with E-state index in [0.29, 0.717) is 22.4 Å². The van der Waals surface area contributed by atoms with Crippen molar-refractivity contribution in [1.82, 2.24) is 24.5 Å². The summed E-state index contributed by atoms with van der Waals surface area (Å²) in [6, 6.07) is 13.3. The number of nitrogens with zero attached hydrogens (tertiary/aromatic N) is 5. The number of nitrogen functional groups attached to an aromatic ring is 1. The van der Waals surface area contributed by atoms with Crippen LogP contribution in [-0.4, -0.2) is 38.9 Å². The number of nitrogens with one attached hydrogen (secondary N) is 2. The Bertz CT molecular complexity index is 1780. The second-order valence-electron chi connectivity index (χ2n) is 7.93. The molecule has 0 fully saturated rings. The van der Waals surface area contributed by atoms with Crippen LogP contribution in [0.2, 0.25) is 5.02 Å². The van der Waals surface area contributed by atoms with E-state index in [1.807, 2.05) is 0 Å². The fourth-order valence-corrected chi connectivity index (χ4v) is 4.81. The lowest BCUT2D eigenvalue weighted by atomic mass is 10.2. The summed E-state index contributed by atoms with van der Waals surface area (Å²) in [4.78, 5) is 16.9. The lowest BCUT2D eigenvalue weighted by Gasteiger charge is -2.07. The highest BCUT2D eigenvalue weighted by molar-refractivity contribution is 7.92. The van der Waals surface area contributed by atoms with Gasteiger partial charge in [0.05, 0.1) is 28.6 Å². The van der Waals surface area contributed by atoms with Crippen LogP contribution in [0.4, 0.5) is 21.6 Å². The summed E-state index contributed by atoms with van der Waals surface area (Å²) < 4.78 is 44.5. The minimum Gasteiger partial charge on any atom is -0.384 e. The smallest absolute Gasteiger partial charge is 0.274 e. The lowest BCUT2D eigenvalue weighted by molar-refractivity contribution is 0.101. The van der Waals surface area contributed by atoms with E-state index in [9.17, 15) is 17.6 Å². The fourth-order valence-electron chi connectivity index (χ4n) is 3.65. The molecule has 1 amide bonds. The molecule has 0 bridgehead atoms. The first-order valence-corrected chi connectivity index (χ1v) is 12.5. The van der Waals surface area contributed by atoms with Crippen LogP contribution >= 0.6 is 11.6 Å².